The van der Waals surface area contributed by atoms with Gasteiger partial charge in [0.2, 0.25) is 0 Å². The average molecular weight is 290 g/mol. The van der Waals surface area contributed by atoms with Crippen LogP contribution in [0.4, 0.5) is 0 Å². The Kier molecular flexibility index (Phi) is 12.8. The molecule has 0 amide bonds. The Labute approximate surface area is 119 Å². The molecule has 0 aromatic carbocycles. The highest BCUT2D eigenvalue weighted by molar-refractivity contribution is 7.57. The Bertz CT molecular complexity index is 254. The second kappa shape index (κ2) is 12.9. The molecule has 0 heterocycles. The van der Waals surface area contributed by atoms with E-state index in [1.54, 1.807) is 5.82 Å². The Morgan fingerprint density at radius 3 is 1.89 bits per heavy atom. The van der Waals surface area contributed by atoms with Crippen molar-refractivity contribution in [3.63, 3.8) is 0 Å². The molecule has 0 aromatic heterocycles. The molecule has 0 bridgehead atoms. The van der Waals surface area contributed by atoms with Gasteiger partial charge in [-0.3, -0.25) is 4.57 Å². The molecule has 3 nitrogen and oxygen atoms in total. The molecule has 0 rings (SSSR count). The molecule has 0 spiro atoms. The van der Waals surface area contributed by atoms with Gasteiger partial charge in [-0.1, -0.05) is 51.5 Å². The molecule has 0 aromatic rings. The summed E-state index contributed by atoms with van der Waals surface area (Å²) in [6.45, 7) is 6.73. The quantitative estimate of drug-likeness (QED) is 0.312. The van der Waals surface area contributed by atoms with Crippen LogP contribution in [-0.4, -0.2) is 13.2 Å². The molecule has 0 aliphatic rings. The SMILES string of the molecule is CCCCCCCCCC=CP(=O)(OCC)OCC. The van der Waals surface area contributed by atoms with Crippen molar-refractivity contribution in [1.82, 2.24) is 0 Å². The van der Waals surface area contributed by atoms with Crippen LogP contribution >= 0.6 is 7.60 Å². The smallest absolute Gasteiger partial charge is 0.306 e. The molecule has 0 saturated heterocycles. The van der Waals surface area contributed by atoms with E-state index >= 15 is 0 Å². The maximum Gasteiger partial charge on any atom is 0.353 e. The standard InChI is InChI=1S/C15H31O3P/c1-4-7-8-9-10-11-12-13-14-15-19(16,17-5-2)18-6-3/h14-15H,4-13H2,1-3H3. The van der Waals surface area contributed by atoms with Crippen molar-refractivity contribution in [3.8, 4) is 0 Å². The summed E-state index contributed by atoms with van der Waals surface area (Å²) >= 11 is 0. The molecule has 19 heavy (non-hydrogen) atoms. The van der Waals surface area contributed by atoms with Crippen LogP contribution in [-0.2, 0) is 13.6 Å². The minimum atomic E-state index is -2.97. The number of allylic oxidation sites excluding steroid dienone is 1. The van der Waals surface area contributed by atoms with Crippen molar-refractivity contribution in [3.05, 3.63) is 11.9 Å². The van der Waals surface area contributed by atoms with Gasteiger partial charge in [0.1, 0.15) is 0 Å². The van der Waals surface area contributed by atoms with Gasteiger partial charge in [0.25, 0.3) is 0 Å². The highest BCUT2D eigenvalue weighted by Crippen LogP contribution is 2.49. The monoisotopic (exact) mass is 290 g/mol. The molecule has 0 N–H and O–H groups in total. The average Bonchev–Trinajstić information content (AvgIpc) is 2.37. The molecule has 0 aliphatic carbocycles. The molecule has 0 fully saturated rings. The second-order valence-corrected chi connectivity index (χ2v) is 6.56. The van der Waals surface area contributed by atoms with Gasteiger partial charge in [0, 0.05) is 5.82 Å². The van der Waals surface area contributed by atoms with Gasteiger partial charge in [-0.15, -0.1) is 0 Å². The number of unbranched alkanes of at least 4 members (excludes halogenated alkanes) is 7. The zero-order valence-corrected chi connectivity index (χ0v) is 13.8. The van der Waals surface area contributed by atoms with E-state index in [-0.39, 0.29) is 0 Å². The van der Waals surface area contributed by atoms with Crippen LogP contribution in [0.25, 0.3) is 0 Å². The molecule has 114 valence electrons. The molecule has 0 saturated carbocycles. The highest BCUT2D eigenvalue weighted by Gasteiger charge is 2.18. The van der Waals surface area contributed by atoms with Gasteiger partial charge >= 0.3 is 7.60 Å². The first-order chi connectivity index (χ1) is 9.18. The lowest BCUT2D eigenvalue weighted by Crippen LogP contribution is -1.92. The van der Waals surface area contributed by atoms with E-state index in [4.69, 9.17) is 9.05 Å². The molecular formula is C15H31O3P. The van der Waals surface area contributed by atoms with E-state index in [1.165, 1.54) is 38.5 Å². The van der Waals surface area contributed by atoms with Gasteiger partial charge < -0.3 is 9.05 Å². The summed E-state index contributed by atoms with van der Waals surface area (Å²) in [6.07, 6.45) is 12.0. The zero-order chi connectivity index (χ0) is 14.4. The summed E-state index contributed by atoms with van der Waals surface area (Å²) in [4.78, 5) is 0. The molecule has 4 heteroatoms. The number of hydrogen-bond donors (Lipinski definition) is 0. The summed E-state index contributed by atoms with van der Waals surface area (Å²) < 4.78 is 22.5. The third kappa shape index (κ3) is 11.4. The summed E-state index contributed by atoms with van der Waals surface area (Å²) in [5.74, 6) is 1.62. The van der Waals surface area contributed by atoms with E-state index in [2.05, 4.69) is 6.92 Å². The van der Waals surface area contributed by atoms with Crippen molar-refractivity contribution in [2.75, 3.05) is 13.2 Å². The molecule has 0 aliphatic heterocycles. The van der Waals surface area contributed by atoms with E-state index in [9.17, 15) is 4.57 Å². The Morgan fingerprint density at radius 1 is 0.842 bits per heavy atom. The first kappa shape index (κ1) is 18.9. The molecule has 0 radical (unpaired) electrons. The maximum absolute atomic E-state index is 12.1. The van der Waals surface area contributed by atoms with Crippen molar-refractivity contribution in [2.45, 2.75) is 72.1 Å². The van der Waals surface area contributed by atoms with Gasteiger partial charge in [-0.05, 0) is 26.7 Å². The van der Waals surface area contributed by atoms with Gasteiger partial charge in [0.15, 0.2) is 0 Å². The largest absolute Gasteiger partial charge is 0.353 e. The van der Waals surface area contributed by atoms with Crippen molar-refractivity contribution < 1.29 is 13.6 Å². The summed E-state index contributed by atoms with van der Waals surface area (Å²) in [5, 5.41) is 0. The van der Waals surface area contributed by atoms with Gasteiger partial charge in [0.05, 0.1) is 13.2 Å². The maximum atomic E-state index is 12.1. The lowest BCUT2D eigenvalue weighted by molar-refractivity contribution is 0.229. The van der Waals surface area contributed by atoms with Crippen LogP contribution in [0.2, 0.25) is 0 Å². The first-order valence-corrected chi connectivity index (χ1v) is 9.36. The third-order valence-corrected chi connectivity index (χ3v) is 4.69. The van der Waals surface area contributed by atoms with E-state index in [1.807, 2.05) is 19.9 Å². The summed E-state index contributed by atoms with van der Waals surface area (Å²) in [6, 6.07) is 0. The lowest BCUT2D eigenvalue weighted by Gasteiger charge is -2.12. The van der Waals surface area contributed by atoms with Crippen LogP contribution < -0.4 is 0 Å². The van der Waals surface area contributed by atoms with Crippen molar-refractivity contribution in [1.29, 1.82) is 0 Å². The highest BCUT2D eigenvalue weighted by atomic mass is 31.2. The summed E-state index contributed by atoms with van der Waals surface area (Å²) in [5.41, 5.74) is 0. The summed E-state index contributed by atoms with van der Waals surface area (Å²) in [7, 11) is -2.97. The zero-order valence-electron chi connectivity index (χ0n) is 12.9. The van der Waals surface area contributed by atoms with E-state index in [0.717, 1.165) is 12.8 Å². The van der Waals surface area contributed by atoms with Gasteiger partial charge in [-0.2, -0.15) is 0 Å². The normalized spacial score (nSPS) is 12.4. The van der Waals surface area contributed by atoms with Gasteiger partial charge in [-0.25, -0.2) is 0 Å². The third-order valence-electron chi connectivity index (χ3n) is 2.88. The Hall–Kier alpha value is -0.110. The lowest BCUT2D eigenvalue weighted by atomic mass is 10.1. The predicted octanol–water partition coefficient (Wildman–Crippen LogP) is 5.91. The van der Waals surface area contributed by atoms with Crippen LogP contribution in [0, 0.1) is 0 Å². The minimum absolute atomic E-state index is 0.416. The van der Waals surface area contributed by atoms with E-state index < -0.39 is 7.60 Å². The van der Waals surface area contributed by atoms with Crippen LogP contribution in [0.5, 0.6) is 0 Å². The predicted molar refractivity (Wildman–Crippen MR) is 82.6 cm³/mol. The Morgan fingerprint density at radius 2 is 1.37 bits per heavy atom. The Balaban J connectivity index is 3.67. The minimum Gasteiger partial charge on any atom is -0.306 e. The number of hydrogen-bond acceptors (Lipinski definition) is 3. The van der Waals surface area contributed by atoms with Crippen LogP contribution in [0.1, 0.15) is 72.1 Å². The molecular weight excluding hydrogens is 259 g/mol. The fourth-order valence-electron chi connectivity index (χ4n) is 1.91. The first-order valence-electron chi connectivity index (χ1n) is 7.75. The van der Waals surface area contributed by atoms with Crippen LogP contribution in [0.15, 0.2) is 11.9 Å². The number of rotatable bonds is 13. The fraction of sp³-hybridized carbons (Fsp3) is 0.867. The van der Waals surface area contributed by atoms with Crippen LogP contribution in [0.3, 0.4) is 0 Å². The molecule has 0 unspecified atom stereocenters. The van der Waals surface area contributed by atoms with Crippen molar-refractivity contribution >= 4 is 7.60 Å². The molecule has 0 atom stereocenters. The second-order valence-electron chi connectivity index (χ2n) is 4.67. The van der Waals surface area contributed by atoms with Crippen molar-refractivity contribution in [2.24, 2.45) is 0 Å². The topological polar surface area (TPSA) is 35.5 Å². The fourth-order valence-corrected chi connectivity index (χ4v) is 3.28. The van der Waals surface area contributed by atoms with E-state index in [0.29, 0.717) is 13.2 Å².